The highest BCUT2D eigenvalue weighted by Crippen LogP contribution is 2.22. The Bertz CT molecular complexity index is 419. The van der Waals surface area contributed by atoms with Crippen molar-refractivity contribution in [2.24, 2.45) is 11.7 Å². The third-order valence-electron chi connectivity index (χ3n) is 4.21. The normalized spacial score (nSPS) is 23.8. The predicted molar refractivity (Wildman–Crippen MR) is 78.0 cm³/mol. The second kappa shape index (κ2) is 6.90. The van der Waals surface area contributed by atoms with E-state index in [4.69, 9.17) is 10.2 Å². The Labute approximate surface area is 120 Å². The number of rotatable bonds is 5. The number of likely N-dealkylation sites (N-methyl/N-ethyl adjacent to an activating group) is 1. The lowest BCUT2D eigenvalue weighted by Crippen LogP contribution is -2.52. The van der Waals surface area contributed by atoms with Crippen LogP contribution in [-0.4, -0.2) is 48.4 Å². The molecule has 5 heteroatoms. The number of likely N-dealkylation sites (tertiary alicyclic amines) is 1. The Morgan fingerprint density at radius 1 is 1.60 bits per heavy atom. The van der Waals surface area contributed by atoms with Crippen LogP contribution in [0.5, 0.6) is 0 Å². The van der Waals surface area contributed by atoms with Crippen molar-refractivity contribution in [1.82, 2.24) is 9.80 Å². The largest absolute Gasteiger partial charge is 0.467 e. The molecule has 0 saturated carbocycles. The molecule has 2 rings (SSSR count). The minimum Gasteiger partial charge on any atom is -0.467 e. The molecule has 1 amide bonds. The minimum absolute atomic E-state index is 0.119. The fourth-order valence-electron chi connectivity index (χ4n) is 2.93. The minimum atomic E-state index is 0.119. The molecular weight excluding hydrogens is 254 g/mol. The summed E-state index contributed by atoms with van der Waals surface area (Å²) in [6.45, 7) is 4.77. The van der Waals surface area contributed by atoms with Crippen molar-refractivity contribution in [3.8, 4) is 0 Å². The lowest BCUT2D eigenvalue weighted by atomic mass is 9.91. The molecule has 1 aliphatic heterocycles. The number of nitrogens with zero attached hydrogens (tertiary/aromatic N) is 2. The molecule has 0 spiro atoms. The molecule has 0 aromatic carbocycles. The Kier molecular flexibility index (Phi) is 5.20. The van der Waals surface area contributed by atoms with Crippen LogP contribution >= 0.6 is 0 Å². The lowest BCUT2D eigenvalue weighted by Gasteiger charge is -2.39. The zero-order chi connectivity index (χ0) is 14.5. The van der Waals surface area contributed by atoms with Gasteiger partial charge in [-0.2, -0.15) is 0 Å². The molecule has 2 unspecified atom stereocenters. The molecule has 2 heterocycles. The van der Waals surface area contributed by atoms with Crippen molar-refractivity contribution in [3.05, 3.63) is 24.2 Å². The van der Waals surface area contributed by atoms with Gasteiger partial charge in [0.1, 0.15) is 5.76 Å². The third-order valence-corrected chi connectivity index (χ3v) is 4.21. The average Bonchev–Trinajstić information content (AvgIpc) is 2.91. The Morgan fingerprint density at radius 2 is 2.40 bits per heavy atom. The third kappa shape index (κ3) is 3.61. The number of carbonyl (C=O) groups excluding carboxylic acids is 1. The highest BCUT2D eigenvalue weighted by atomic mass is 16.3. The van der Waals surface area contributed by atoms with E-state index in [0.717, 1.165) is 18.7 Å². The topological polar surface area (TPSA) is 62.7 Å². The van der Waals surface area contributed by atoms with E-state index in [1.165, 1.54) is 6.42 Å². The molecule has 1 aliphatic rings. The summed E-state index contributed by atoms with van der Waals surface area (Å²) in [4.78, 5) is 16.3. The Hall–Kier alpha value is -1.33. The summed E-state index contributed by atoms with van der Waals surface area (Å²) in [6, 6.07) is 4.05. The van der Waals surface area contributed by atoms with Crippen molar-refractivity contribution < 1.29 is 9.21 Å². The smallest absolute Gasteiger partial charge is 0.236 e. The van der Waals surface area contributed by atoms with Crippen LogP contribution in [0.2, 0.25) is 0 Å². The molecule has 1 fully saturated rings. The van der Waals surface area contributed by atoms with Crippen LogP contribution in [-0.2, 0) is 11.3 Å². The zero-order valence-electron chi connectivity index (χ0n) is 12.4. The highest BCUT2D eigenvalue weighted by molar-refractivity contribution is 5.78. The number of hydrogen-bond acceptors (Lipinski definition) is 4. The average molecular weight is 279 g/mol. The summed E-state index contributed by atoms with van der Waals surface area (Å²) in [5, 5.41) is 0. The van der Waals surface area contributed by atoms with Crippen molar-refractivity contribution in [1.29, 1.82) is 0 Å². The first-order chi connectivity index (χ1) is 9.61. The molecule has 20 heavy (non-hydrogen) atoms. The van der Waals surface area contributed by atoms with Crippen LogP contribution in [0.4, 0.5) is 0 Å². The Balaban J connectivity index is 1.89. The monoisotopic (exact) mass is 279 g/mol. The summed E-state index contributed by atoms with van der Waals surface area (Å²) in [7, 11) is 1.82. The van der Waals surface area contributed by atoms with Gasteiger partial charge in [-0.05, 0) is 37.4 Å². The molecule has 0 bridgehead atoms. The summed E-state index contributed by atoms with van der Waals surface area (Å²) < 4.78 is 5.28. The maximum Gasteiger partial charge on any atom is 0.236 e. The molecule has 5 nitrogen and oxygen atoms in total. The molecule has 1 aromatic heterocycles. The second-order valence-electron chi connectivity index (χ2n) is 5.72. The first-order valence-corrected chi connectivity index (χ1v) is 7.32. The molecule has 1 aromatic rings. The summed E-state index contributed by atoms with van der Waals surface area (Å²) in [5.41, 5.74) is 5.86. The van der Waals surface area contributed by atoms with E-state index >= 15 is 0 Å². The quantitative estimate of drug-likeness (QED) is 0.882. The van der Waals surface area contributed by atoms with Gasteiger partial charge in [-0.3, -0.25) is 9.69 Å². The number of amides is 1. The summed E-state index contributed by atoms with van der Waals surface area (Å²) in [6.07, 6.45) is 3.98. The van der Waals surface area contributed by atoms with Crippen molar-refractivity contribution >= 4 is 5.91 Å². The zero-order valence-corrected chi connectivity index (χ0v) is 12.4. The van der Waals surface area contributed by atoms with E-state index in [1.807, 2.05) is 19.2 Å². The van der Waals surface area contributed by atoms with Crippen LogP contribution in [0.25, 0.3) is 0 Å². The molecule has 0 aliphatic carbocycles. The maximum absolute atomic E-state index is 12.3. The van der Waals surface area contributed by atoms with E-state index < -0.39 is 0 Å². The number of hydrogen-bond donors (Lipinski definition) is 1. The van der Waals surface area contributed by atoms with E-state index in [-0.39, 0.29) is 5.91 Å². The van der Waals surface area contributed by atoms with Gasteiger partial charge >= 0.3 is 0 Å². The molecular formula is C15H25N3O2. The van der Waals surface area contributed by atoms with E-state index in [0.29, 0.717) is 31.6 Å². The lowest BCUT2D eigenvalue weighted by molar-refractivity contribution is -0.133. The maximum atomic E-state index is 12.3. The molecule has 1 saturated heterocycles. The first kappa shape index (κ1) is 15.1. The molecule has 2 N–H and O–H groups in total. The van der Waals surface area contributed by atoms with Crippen LogP contribution in [0.3, 0.4) is 0 Å². The van der Waals surface area contributed by atoms with Gasteiger partial charge in [-0.15, -0.1) is 0 Å². The standard InChI is InChI=1S/C15H25N3O2/c1-12-5-3-7-18(14(12)9-16)11-15(19)17(2)10-13-6-4-8-20-13/h4,6,8,12,14H,3,5,7,9-11,16H2,1-2H3. The van der Waals surface area contributed by atoms with Gasteiger partial charge in [-0.1, -0.05) is 6.92 Å². The van der Waals surface area contributed by atoms with Gasteiger partial charge in [0.05, 0.1) is 19.4 Å². The number of carbonyl (C=O) groups is 1. The fraction of sp³-hybridized carbons (Fsp3) is 0.667. The van der Waals surface area contributed by atoms with Crippen LogP contribution in [0.1, 0.15) is 25.5 Å². The summed E-state index contributed by atoms with van der Waals surface area (Å²) in [5.74, 6) is 1.49. The molecule has 2 atom stereocenters. The van der Waals surface area contributed by atoms with E-state index in [1.54, 1.807) is 11.2 Å². The number of piperidine rings is 1. The van der Waals surface area contributed by atoms with Gasteiger partial charge in [0, 0.05) is 19.6 Å². The van der Waals surface area contributed by atoms with Crippen molar-refractivity contribution in [3.63, 3.8) is 0 Å². The Morgan fingerprint density at radius 3 is 3.05 bits per heavy atom. The first-order valence-electron chi connectivity index (χ1n) is 7.32. The van der Waals surface area contributed by atoms with Gasteiger partial charge in [0.25, 0.3) is 0 Å². The second-order valence-corrected chi connectivity index (χ2v) is 5.72. The van der Waals surface area contributed by atoms with E-state index in [2.05, 4.69) is 11.8 Å². The van der Waals surface area contributed by atoms with Crippen LogP contribution in [0.15, 0.2) is 22.8 Å². The van der Waals surface area contributed by atoms with Gasteiger partial charge in [-0.25, -0.2) is 0 Å². The number of furan rings is 1. The molecule has 112 valence electrons. The fourth-order valence-corrected chi connectivity index (χ4v) is 2.93. The summed E-state index contributed by atoms with van der Waals surface area (Å²) >= 11 is 0. The van der Waals surface area contributed by atoms with Gasteiger partial charge < -0.3 is 15.1 Å². The van der Waals surface area contributed by atoms with Crippen molar-refractivity contribution in [2.45, 2.75) is 32.4 Å². The van der Waals surface area contributed by atoms with Gasteiger partial charge in [0.2, 0.25) is 5.91 Å². The van der Waals surface area contributed by atoms with E-state index in [9.17, 15) is 4.79 Å². The van der Waals surface area contributed by atoms with Crippen LogP contribution in [0, 0.1) is 5.92 Å². The number of nitrogens with two attached hydrogens (primary N) is 1. The predicted octanol–water partition coefficient (Wildman–Crippen LogP) is 1.30. The van der Waals surface area contributed by atoms with Crippen molar-refractivity contribution in [2.75, 3.05) is 26.7 Å². The van der Waals surface area contributed by atoms with Crippen LogP contribution < -0.4 is 5.73 Å². The molecule has 0 radical (unpaired) electrons. The SMILES string of the molecule is CC1CCCN(CC(=O)N(C)Cc2ccco2)C1CN. The van der Waals surface area contributed by atoms with Gasteiger partial charge in [0.15, 0.2) is 0 Å². The highest BCUT2D eigenvalue weighted by Gasteiger charge is 2.29.